The summed E-state index contributed by atoms with van der Waals surface area (Å²) < 4.78 is 16.5. The van der Waals surface area contributed by atoms with Crippen molar-refractivity contribution in [2.75, 3.05) is 33.5 Å². The summed E-state index contributed by atoms with van der Waals surface area (Å²) in [5.41, 5.74) is 2.86. The number of hydrogen-bond acceptors (Lipinski definition) is 5. The van der Waals surface area contributed by atoms with E-state index in [0.29, 0.717) is 48.5 Å². The lowest BCUT2D eigenvalue weighted by atomic mass is 10.1. The second-order valence-electron chi connectivity index (χ2n) is 6.11. The van der Waals surface area contributed by atoms with Gasteiger partial charge in [0.2, 0.25) is 0 Å². The summed E-state index contributed by atoms with van der Waals surface area (Å²) in [6.45, 7) is 3.92. The van der Waals surface area contributed by atoms with Gasteiger partial charge in [0.1, 0.15) is 13.2 Å². The number of fused-ring (bicyclic) bond motifs is 1. The predicted molar refractivity (Wildman–Crippen MR) is 99.6 cm³/mol. The maximum absolute atomic E-state index is 8.93. The van der Waals surface area contributed by atoms with E-state index in [-0.39, 0.29) is 0 Å². The van der Waals surface area contributed by atoms with Crippen LogP contribution in [-0.2, 0) is 17.8 Å². The molecule has 0 saturated carbocycles. The third-order valence-corrected chi connectivity index (χ3v) is 4.44. The van der Waals surface area contributed by atoms with E-state index in [0.717, 1.165) is 24.2 Å². The molecule has 0 aromatic heterocycles. The van der Waals surface area contributed by atoms with Crippen molar-refractivity contribution >= 4 is 11.6 Å². The molecule has 1 heterocycles. The highest BCUT2D eigenvalue weighted by Crippen LogP contribution is 2.38. The summed E-state index contributed by atoms with van der Waals surface area (Å²) in [7, 11) is 1.70. The molecule has 2 aromatic rings. The van der Waals surface area contributed by atoms with Crippen LogP contribution in [-0.4, -0.2) is 38.4 Å². The van der Waals surface area contributed by atoms with Gasteiger partial charge in [-0.25, -0.2) is 0 Å². The first-order valence-electron chi connectivity index (χ1n) is 8.48. The number of hydrogen-bond donors (Lipinski definition) is 0. The Bertz CT molecular complexity index is 787. The number of ether oxygens (including phenoxy) is 3. The average molecular weight is 373 g/mol. The van der Waals surface area contributed by atoms with Crippen molar-refractivity contribution in [3.8, 4) is 17.6 Å². The fourth-order valence-electron chi connectivity index (χ4n) is 2.89. The van der Waals surface area contributed by atoms with E-state index in [4.69, 9.17) is 31.1 Å². The first-order chi connectivity index (χ1) is 12.7. The number of halogens is 1. The molecule has 0 saturated heterocycles. The van der Waals surface area contributed by atoms with Crippen molar-refractivity contribution in [3.05, 3.63) is 58.1 Å². The molecule has 136 valence electrons. The molecule has 0 bridgehead atoms. The maximum atomic E-state index is 8.93. The summed E-state index contributed by atoms with van der Waals surface area (Å²) in [4.78, 5) is 2.27. The second-order valence-corrected chi connectivity index (χ2v) is 6.52. The molecular formula is C20H21ClN2O3. The van der Waals surface area contributed by atoms with E-state index in [1.807, 2.05) is 36.4 Å². The quantitative estimate of drug-likeness (QED) is 0.742. The molecule has 0 fully saturated rings. The van der Waals surface area contributed by atoms with Crippen LogP contribution in [0, 0.1) is 11.3 Å². The number of nitriles is 1. The summed E-state index contributed by atoms with van der Waals surface area (Å²) in [5, 5.41) is 9.50. The van der Waals surface area contributed by atoms with Crippen LogP contribution in [0.4, 0.5) is 0 Å². The van der Waals surface area contributed by atoms with Crippen molar-refractivity contribution in [3.63, 3.8) is 0 Å². The molecule has 0 spiro atoms. The smallest absolute Gasteiger partial charge is 0.179 e. The minimum Gasteiger partial charge on any atom is -0.486 e. The zero-order valence-corrected chi connectivity index (χ0v) is 15.5. The predicted octanol–water partition coefficient (Wildman–Crippen LogP) is 3.63. The van der Waals surface area contributed by atoms with Gasteiger partial charge in [0.15, 0.2) is 11.5 Å². The Kier molecular flexibility index (Phi) is 6.35. The molecule has 1 aliphatic rings. The number of nitrogens with zero attached hydrogens (tertiary/aromatic N) is 2. The lowest BCUT2D eigenvalue weighted by Crippen LogP contribution is -2.27. The fourth-order valence-corrected chi connectivity index (χ4v) is 3.18. The first-order valence-corrected chi connectivity index (χ1v) is 8.85. The van der Waals surface area contributed by atoms with Crippen LogP contribution in [0.3, 0.4) is 0 Å². The van der Waals surface area contributed by atoms with E-state index in [1.54, 1.807) is 7.11 Å². The van der Waals surface area contributed by atoms with Gasteiger partial charge in [0.05, 0.1) is 23.3 Å². The third kappa shape index (κ3) is 4.67. The van der Waals surface area contributed by atoms with Crippen LogP contribution < -0.4 is 9.47 Å². The van der Waals surface area contributed by atoms with Crippen LogP contribution in [0.5, 0.6) is 11.5 Å². The molecule has 0 unspecified atom stereocenters. The van der Waals surface area contributed by atoms with Gasteiger partial charge in [0, 0.05) is 26.7 Å². The highest BCUT2D eigenvalue weighted by molar-refractivity contribution is 6.32. The first kappa shape index (κ1) is 18.5. The Morgan fingerprint density at radius 1 is 1.12 bits per heavy atom. The van der Waals surface area contributed by atoms with Crippen molar-refractivity contribution in [1.29, 1.82) is 5.26 Å². The highest BCUT2D eigenvalue weighted by atomic mass is 35.5. The molecule has 0 atom stereocenters. The van der Waals surface area contributed by atoms with Crippen LogP contribution in [0.15, 0.2) is 36.4 Å². The van der Waals surface area contributed by atoms with Crippen LogP contribution >= 0.6 is 11.6 Å². The normalized spacial score (nSPS) is 12.8. The topological polar surface area (TPSA) is 54.7 Å². The van der Waals surface area contributed by atoms with Crippen molar-refractivity contribution in [2.45, 2.75) is 13.1 Å². The van der Waals surface area contributed by atoms with Gasteiger partial charge in [-0.1, -0.05) is 23.7 Å². The van der Waals surface area contributed by atoms with Gasteiger partial charge in [0.25, 0.3) is 0 Å². The number of benzene rings is 2. The van der Waals surface area contributed by atoms with Crippen molar-refractivity contribution in [2.24, 2.45) is 0 Å². The summed E-state index contributed by atoms with van der Waals surface area (Å²) >= 11 is 6.35. The standard InChI is InChI=1S/C20H21ClN2O3/c1-24-7-6-23(13-16-4-2-15(12-22)3-5-16)14-17-10-18(21)20-19(11-17)25-8-9-26-20/h2-5,10-11H,6-9,13-14H2,1H3. The van der Waals surface area contributed by atoms with E-state index in [2.05, 4.69) is 11.0 Å². The average Bonchev–Trinajstić information content (AvgIpc) is 2.67. The monoisotopic (exact) mass is 372 g/mol. The Morgan fingerprint density at radius 2 is 1.85 bits per heavy atom. The van der Waals surface area contributed by atoms with Gasteiger partial charge >= 0.3 is 0 Å². The molecule has 0 aliphatic carbocycles. The summed E-state index contributed by atoms with van der Waals surface area (Å²) in [5.74, 6) is 1.32. The minimum atomic E-state index is 0.519. The summed E-state index contributed by atoms with van der Waals surface area (Å²) in [6.07, 6.45) is 0. The third-order valence-electron chi connectivity index (χ3n) is 4.16. The molecule has 26 heavy (non-hydrogen) atoms. The van der Waals surface area contributed by atoms with Gasteiger partial charge in [-0.05, 0) is 35.4 Å². The van der Waals surface area contributed by atoms with Crippen LogP contribution in [0.1, 0.15) is 16.7 Å². The molecule has 5 nitrogen and oxygen atoms in total. The molecule has 0 N–H and O–H groups in total. The van der Waals surface area contributed by atoms with Gasteiger partial charge < -0.3 is 14.2 Å². The molecule has 3 rings (SSSR count). The minimum absolute atomic E-state index is 0.519. The zero-order valence-electron chi connectivity index (χ0n) is 14.7. The lowest BCUT2D eigenvalue weighted by molar-refractivity contribution is 0.139. The molecule has 6 heteroatoms. The SMILES string of the molecule is COCCN(Cc1ccc(C#N)cc1)Cc1cc(Cl)c2c(c1)OCCO2. The van der Waals surface area contributed by atoms with E-state index in [9.17, 15) is 0 Å². The van der Waals surface area contributed by atoms with E-state index in [1.165, 1.54) is 0 Å². The second kappa shape index (κ2) is 8.91. The van der Waals surface area contributed by atoms with Gasteiger partial charge in [-0.15, -0.1) is 0 Å². The lowest BCUT2D eigenvalue weighted by Gasteiger charge is -2.24. The molecular weight excluding hydrogens is 352 g/mol. The zero-order chi connectivity index (χ0) is 18.4. The highest BCUT2D eigenvalue weighted by Gasteiger charge is 2.18. The van der Waals surface area contributed by atoms with Crippen LogP contribution in [0.2, 0.25) is 5.02 Å². The Labute approximate surface area is 158 Å². The molecule has 0 radical (unpaired) electrons. The van der Waals surface area contributed by atoms with Crippen molar-refractivity contribution < 1.29 is 14.2 Å². The van der Waals surface area contributed by atoms with Gasteiger partial charge in [-0.2, -0.15) is 5.26 Å². The largest absolute Gasteiger partial charge is 0.486 e. The molecule has 0 amide bonds. The molecule has 1 aliphatic heterocycles. The Morgan fingerprint density at radius 3 is 2.58 bits per heavy atom. The maximum Gasteiger partial charge on any atom is 0.179 e. The van der Waals surface area contributed by atoms with Crippen LogP contribution in [0.25, 0.3) is 0 Å². The van der Waals surface area contributed by atoms with Gasteiger partial charge in [-0.3, -0.25) is 4.90 Å². The Hall–Kier alpha value is -2.26. The number of methoxy groups -OCH3 is 1. The van der Waals surface area contributed by atoms with E-state index >= 15 is 0 Å². The number of rotatable bonds is 7. The van der Waals surface area contributed by atoms with E-state index < -0.39 is 0 Å². The Balaban J connectivity index is 1.75. The molecule has 2 aromatic carbocycles. The van der Waals surface area contributed by atoms with Crippen molar-refractivity contribution in [1.82, 2.24) is 4.90 Å². The fraction of sp³-hybridized carbons (Fsp3) is 0.350. The summed E-state index contributed by atoms with van der Waals surface area (Å²) in [6, 6.07) is 13.7.